The predicted octanol–water partition coefficient (Wildman–Crippen LogP) is 4.50. The van der Waals surface area contributed by atoms with E-state index in [4.69, 9.17) is 0 Å². The van der Waals surface area contributed by atoms with E-state index >= 15 is 0 Å². The molecule has 0 fully saturated rings. The molecule has 2 aromatic carbocycles. The summed E-state index contributed by atoms with van der Waals surface area (Å²) in [5.74, 6) is 1.46. The van der Waals surface area contributed by atoms with E-state index in [1.54, 1.807) is 18.7 Å². The molecule has 128 valence electrons. The summed E-state index contributed by atoms with van der Waals surface area (Å²) in [4.78, 5) is 13.5. The summed E-state index contributed by atoms with van der Waals surface area (Å²) in [5, 5.41) is 3.40. The maximum absolute atomic E-state index is 4.66. The van der Waals surface area contributed by atoms with Crippen molar-refractivity contribution in [2.45, 2.75) is 13.0 Å². The van der Waals surface area contributed by atoms with Gasteiger partial charge in [-0.05, 0) is 12.5 Å². The molecule has 4 rings (SSSR count). The van der Waals surface area contributed by atoms with Gasteiger partial charge in [-0.2, -0.15) is 0 Å². The molecule has 0 aliphatic carbocycles. The monoisotopic (exact) mass is 341 g/mol. The third kappa shape index (κ3) is 3.47. The number of nitrogens with one attached hydrogen (secondary N) is 1. The average molecular weight is 341 g/mol. The van der Waals surface area contributed by atoms with Gasteiger partial charge < -0.3 is 5.32 Å². The first-order valence-corrected chi connectivity index (χ1v) is 8.53. The van der Waals surface area contributed by atoms with Crippen LogP contribution in [-0.2, 0) is 0 Å². The lowest BCUT2D eigenvalue weighted by atomic mass is 10.1. The first kappa shape index (κ1) is 16.0. The molecular formula is C21H19N5. The Morgan fingerprint density at radius 1 is 0.923 bits per heavy atom. The fraction of sp³-hybridized carbons (Fsp3) is 0.0952. The quantitative estimate of drug-likeness (QED) is 0.580. The minimum absolute atomic E-state index is 0.142. The summed E-state index contributed by atoms with van der Waals surface area (Å²) in [6.07, 6.45) is 7.19. The van der Waals surface area contributed by atoms with Gasteiger partial charge in [0.05, 0.1) is 18.1 Å². The molecule has 26 heavy (non-hydrogen) atoms. The lowest BCUT2D eigenvalue weighted by molar-refractivity contribution is 0.863. The van der Waals surface area contributed by atoms with Crippen molar-refractivity contribution in [3.8, 4) is 17.1 Å². The predicted molar refractivity (Wildman–Crippen MR) is 103 cm³/mol. The zero-order valence-electron chi connectivity index (χ0n) is 14.4. The van der Waals surface area contributed by atoms with Crippen LogP contribution in [0.15, 0.2) is 85.6 Å². The molecule has 2 aromatic heterocycles. The van der Waals surface area contributed by atoms with Gasteiger partial charge in [-0.3, -0.25) is 9.55 Å². The molecule has 0 spiro atoms. The average Bonchev–Trinajstić information content (AvgIpc) is 3.20. The van der Waals surface area contributed by atoms with Crippen molar-refractivity contribution in [2.75, 3.05) is 5.32 Å². The van der Waals surface area contributed by atoms with Crippen LogP contribution < -0.4 is 5.32 Å². The molecular weight excluding hydrogens is 322 g/mol. The van der Waals surface area contributed by atoms with E-state index in [9.17, 15) is 0 Å². The Labute approximate surface area is 152 Å². The van der Waals surface area contributed by atoms with Crippen molar-refractivity contribution in [1.29, 1.82) is 0 Å². The van der Waals surface area contributed by atoms with Crippen LogP contribution in [0.1, 0.15) is 18.5 Å². The molecule has 5 heteroatoms. The smallest absolute Gasteiger partial charge is 0.158 e. The number of aromatic nitrogens is 4. The van der Waals surface area contributed by atoms with E-state index in [0.29, 0.717) is 0 Å². The number of anilines is 1. The molecule has 1 N–H and O–H groups in total. The van der Waals surface area contributed by atoms with E-state index in [-0.39, 0.29) is 6.04 Å². The van der Waals surface area contributed by atoms with E-state index in [1.165, 1.54) is 5.56 Å². The van der Waals surface area contributed by atoms with Gasteiger partial charge in [-0.25, -0.2) is 9.97 Å². The second-order valence-electron chi connectivity index (χ2n) is 6.07. The molecule has 0 amide bonds. The van der Waals surface area contributed by atoms with Gasteiger partial charge in [0.25, 0.3) is 0 Å². The molecule has 0 saturated heterocycles. The van der Waals surface area contributed by atoms with Gasteiger partial charge in [-0.15, -0.1) is 0 Å². The second-order valence-corrected chi connectivity index (χ2v) is 6.07. The van der Waals surface area contributed by atoms with E-state index < -0.39 is 0 Å². The zero-order chi connectivity index (χ0) is 17.8. The van der Waals surface area contributed by atoms with Crippen LogP contribution >= 0.6 is 0 Å². The summed E-state index contributed by atoms with van der Waals surface area (Å²) in [6.45, 7) is 2.11. The Morgan fingerprint density at radius 3 is 2.42 bits per heavy atom. The highest BCUT2D eigenvalue weighted by Gasteiger charge is 2.08. The molecule has 4 aromatic rings. The Hall–Kier alpha value is -3.47. The Morgan fingerprint density at radius 2 is 1.65 bits per heavy atom. The molecule has 2 heterocycles. The highest BCUT2D eigenvalue weighted by molar-refractivity contribution is 5.58. The van der Waals surface area contributed by atoms with Crippen LogP contribution in [0.25, 0.3) is 17.1 Å². The SMILES string of the molecule is C[C@H](Nc1cncc(-n2cnc(-c3ccccc3)c2)n1)c1ccccc1. The number of imidazole rings is 1. The zero-order valence-corrected chi connectivity index (χ0v) is 14.4. The van der Waals surface area contributed by atoms with Crippen LogP contribution in [0.3, 0.4) is 0 Å². The Kier molecular flexibility index (Phi) is 4.43. The third-order valence-corrected chi connectivity index (χ3v) is 4.20. The standard InChI is InChI=1S/C21H19N5/c1-16(17-8-4-2-5-9-17)24-20-12-22-13-21(25-20)26-14-19(23-15-26)18-10-6-3-7-11-18/h2-16H,1H3,(H,24,25)/t16-/m0/s1. The summed E-state index contributed by atoms with van der Waals surface area (Å²) in [6, 6.07) is 20.5. The normalized spacial score (nSPS) is 11.9. The van der Waals surface area contributed by atoms with Gasteiger partial charge in [0.1, 0.15) is 12.1 Å². The largest absolute Gasteiger partial charge is 0.362 e. The third-order valence-electron chi connectivity index (χ3n) is 4.20. The lowest BCUT2D eigenvalue weighted by Gasteiger charge is -2.15. The minimum atomic E-state index is 0.142. The van der Waals surface area contributed by atoms with E-state index in [1.807, 2.05) is 59.3 Å². The molecule has 0 aliphatic rings. The molecule has 0 bridgehead atoms. The van der Waals surface area contributed by atoms with Crippen molar-refractivity contribution < 1.29 is 0 Å². The molecule has 1 atom stereocenters. The fourth-order valence-corrected chi connectivity index (χ4v) is 2.80. The Bertz CT molecular complexity index is 979. The van der Waals surface area contributed by atoms with Gasteiger partial charge in [-0.1, -0.05) is 60.7 Å². The van der Waals surface area contributed by atoms with Gasteiger partial charge >= 0.3 is 0 Å². The molecule has 5 nitrogen and oxygen atoms in total. The maximum atomic E-state index is 4.66. The summed E-state index contributed by atoms with van der Waals surface area (Å²) < 4.78 is 1.88. The van der Waals surface area contributed by atoms with Crippen LogP contribution in [0.5, 0.6) is 0 Å². The van der Waals surface area contributed by atoms with Gasteiger partial charge in [0.15, 0.2) is 5.82 Å². The number of rotatable bonds is 5. The lowest BCUT2D eigenvalue weighted by Crippen LogP contribution is -2.09. The van der Waals surface area contributed by atoms with Gasteiger partial charge in [0.2, 0.25) is 0 Å². The van der Waals surface area contributed by atoms with Crippen LogP contribution in [0.4, 0.5) is 5.82 Å². The van der Waals surface area contributed by atoms with Crippen molar-refractivity contribution >= 4 is 5.82 Å². The van der Waals surface area contributed by atoms with Crippen molar-refractivity contribution in [1.82, 2.24) is 19.5 Å². The fourth-order valence-electron chi connectivity index (χ4n) is 2.80. The molecule has 0 radical (unpaired) electrons. The maximum Gasteiger partial charge on any atom is 0.158 e. The summed E-state index contributed by atoms with van der Waals surface area (Å²) in [7, 11) is 0. The first-order chi connectivity index (χ1) is 12.8. The second kappa shape index (κ2) is 7.19. The van der Waals surface area contributed by atoms with Crippen molar-refractivity contribution in [3.63, 3.8) is 0 Å². The summed E-state index contributed by atoms with van der Waals surface area (Å²) in [5.41, 5.74) is 3.18. The number of nitrogens with zero attached hydrogens (tertiary/aromatic N) is 4. The summed E-state index contributed by atoms with van der Waals surface area (Å²) >= 11 is 0. The Balaban J connectivity index is 1.56. The molecule has 0 saturated carbocycles. The van der Waals surface area contributed by atoms with E-state index in [2.05, 4.69) is 39.3 Å². The first-order valence-electron chi connectivity index (χ1n) is 8.53. The molecule has 0 aliphatic heterocycles. The minimum Gasteiger partial charge on any atom is -0.362 e. The number of benzene rings is 2. The van der Waals surface area contributed by atoms with Crippen molar-refractivity contribution in [3.05, 3.63) is 91.1 Å². The van der Waals surface area contributed by atoms with E-state index in [0.717, 1.165) is 22.9 Å². The molecule has 0 unspecified atom stereocenters. The highest BCUT2D eigenvalue weighted by Crippen LogP contribution is 2.20. The highest BCUT2D eigenvalue weighted by atomic mass is 15.1. The van der Waals surface area contributed by atoms with Crippen LogP contribution in [0.2, 0.25) is 0 Å². The van der Waals surface area contributed by atoms with Crippen LogP contribution in [-0.4, -0.2) is 19.5 Å². The van der Waals surface area contributed by atoms with Crippen LogP contribution in [0, 0.1) is 0 Å². The number of hydrogen-bond donors (Lipinski definition) is 1. The van der Waals surface area contributed by atoms with Gasteiger partial charge in [0, 0.05) is 17.8 Å². The number of hydrogen-bond acceptors (Lipinski definition) is 4. The topological polar surface area (TPSA) is 55.6 Å². The van der Waals surface area contributed by atoms with Crippen molar-refractivity contribution in [2.24, 2.45) is 0 Å².